The van der Waals surface area contributed by atoms with Crippen molar-refractivity contribution in [3.05, 3.63) is 35.6 Å². The zero-order chi connectivity index (χ0) is 19.1. The standard InChI is InChI=1S/C20H25FN2O4/c1-27-11-18(25)23-9-14-8-22(20(26)13-6-16(24)7-13)10-17(14)19(23)12-3-2-4-15(21)5-12/h2-5,13-14,16-17,19,24H,6-11H2,1H3/t13?,14-,16?,17-,19+/m1/s1. The lowest BCUT2D eigenvalue weighted by atomic mass is 9.81. The van der Waals surface area contributed by atoms with Crippen LogP contribution in [0.3, 0.4) is 0 Å². The van der Waals surface area contributed by atoms with Crippen molar-refractivity contribution in [2.24, 2.45) is 17.8 Å². The maximum atomic E-state index is 13.8. The smallest absolute Gasteiger partial charge is 0.249 e. The van der Waals surface area contributed by atoms with Crippen LogP contribution < -0.4 is 0 Å². The number of nitrogens with zero attached hydrogens (tertiary/aromatic N) is 2. The summed E-state index contributed by atoms with van der Waals surface area (Å²) in [6.45, 7) is 1.71. The molecule has 4 rings (SSSR count). The van der Waals surface area contributed by atoms with E-state index in [4.69, 9.17) is 4.74 Å². The fourth-order valence-corrected chi connectivity index (χ4v) is 4.85. The second kappa shape index (κ2) is 7.20. The quantitative estimate of drug-likeness (QED) is 0.857. The van der Waals surface area contributed by atoms with Crippen molar-refractivity contribution >= 4 is 11.8 Å². The van der Waals surface area contributed by atoms with Gasteiger partial charge in [0.2, 0.25) is 11.8 Å². The van der Waals surface area contributed by atoms with Gasteiger partial charge in [0, 0.05) is 44.5 Å². The van der Waals surface area contributed by atoms with Crippen molar-refractivity contribution in [3.63, 3.8) is 0 Å². The molecular formula is C20H25FN2O4. The van der Waals surface area contributed by atoms with E-state index in [1.54, 1.807) is 11.0 Å². The number of likely N-dealkylation sites (tertiary alicyclic amines) is 2. The van der Waals surface area contributed by atoms with E-state index >= 15 is 0 Å². The van der Waals surface area contributed by atoms with Gasteiger partial charge in [-0.2, -0.15) is 0 Å². The van der Waals surface area contributed by atoms with Gasteiger partial charge in [0.05, 0.1) is 12.1 Å². The molecule has 0 unspecified atom stereocenters. The third-order valence-electron chi connectivity index (χ3n) is 6.22. The zero-order valence-corrected chi connectivity index (χ0v) is 15.4. The average molecular weight is 376 g/mol. The number of aliphatic hydroxyl groups excluding tert-OH is 1. The highest BCUT2D eigenvalue weighted by Crippen LogP contribution is 2.46. The molecule has 0 spiro atoms. The number of carbonyl (C=O) groups excluding carboxylic acids is 2. The number of halogens is 1. The predicted molar refractivity (Wildman–Crippen MR) is 95.0 cm³/mol. The van der Waals surface area contributed by atoms with Crippen LogP contribution in [0, 0.1) is 23.6 Å². The van der Waals surface area contributed by atoms with Crippen molar-refractivity contribution in [1.82, 2.24) is 9.80 Å². The molecule has 1 aromatic carbocycles. The first-order valence-electron chi connectivity index (χ1n) is 9.48. The highest BCUT2D eigenvalue weighted by Gasteiger charge is 2.51. The Morgan fingerprint density at radius 3 is 2.70 bits per heavy atom. The van der Waals surface area contributed by atoms with Crippen LogP contribution in [-0.2, 0) is 14.3 Å². The van der Waals surface area contributed by atoms with E-state index in [1.807, 2.05) is 11.0 Å². The van der Waals surface area contributed by atoms with Crippen LogP contribution in [0.25, 0.3) is 0 Å². The summed E-state index contributed by atoms with van der Waals surface area (Å²) in [7, 11) is 1.49. The van der Waals surface area contributed by atoms with Crippen molar-refractivity contribution in [1.29, 1.82) is 0 Å². The summed E-state index contributed by atoms with van der Waals surface area (Å²) in [5.41, 5.74) is 0.764. The minimum Gasteiger partial charge on any atom is -0.393 e. The van der Waals surface area contributed by atoms with Gasteiger partial charge in [-0.3, -0.25) is 9.59 Å². The summed E-state index contributed by atoms with van der Waals surface area (Å²) < 4.78 is 18.8. The molecule has 1 saturated carbocycles. The van der Waals surface area contributed by atoms with Crippen LogP contribution in [0.5, 0.6) is 0 Å². The lowest BCUT2D eigenvalue weighted by molar-refractivity contribution is -0.142. The minimum atomic E-state index is -0.358. The predicted octanol–water partition coefficient (Wildman–Crippen LogP) is 1.20. The topological polar surface area (TPSA) is 70.1 Å². The number of hydrogen-bond donors (Lipinski definition) is 1. The normalized spacial score (nSPS) is 32.3. The van der Waals surface area contributed by atoms with Crippen LogP contribution in [0.15, 0.2) is 24.3 Å². The Morgan fingerprint density at radius 2 is 2.04 bits per heavy atom. The fraction of sp³-hybridized carbons (Fsp3) is 0.600. The zero-order valence-electron chi connectivity index (χ0n) is 15.4. The lowest BCUT2D eigenvalue weighted by Gasteiger charge is -2.35. The molecule has 2 aliphatic heterocycles. The highest BCUT2D eigenvalue weighted by atomic mass is 19.1. The molecule has 2 heterocycles. The molecule has 146 valence electrons. The van der Waals surface area contributed by atoms with E-state index in [1.165, 1.54) is 19.2 Å². The third kappa shape index (κ3) is 3.34. The molecule has 1 aliphatic carbocycles. The van der Waals surface area contributed by atoms with E-state index in [9.17, 15) is 19.1 Å². The van der Waals surface area contributed by atoms with Crippen LogP contribution in [-0.4, -0.2) is 66.2 Å². The summed E-state index contributed by atoms with van der Waals surface area (Å²) >= 11 is 0. The van der Waals surface area contributed by atoms with Gasteiger partial charge in [-0.25, -0.2) is 4.39 Å². The van der Waals surface area contributed by atoms with Crippen LogP contribution in [0.1, 0.15) is 24.4 Å². The van der Waals surface area contributed by atoms with Gasteiger partial charge in [-0.05, 0) is 30.5 Å². The third-order valence-corrected chi connectivity index (χ3v) is 6.22. The number of carbonyl (C=O) groups is 2. The monoisotopic (exact) mass is 376 g/mol. The second-order valence-electron chi connectivity index (χ2n) is 7.97. The van der Waals surface area contributed by atoms with Crippen LogP contribution in [0.4, 0.5) is 4.39 Å². The van der Waals surface area contributed by atoms with Gasteiger partial charge in [-0.15, -0.1) is 0 Å². The summed E-state index contributed by atoms with van der Waals surface area (Å²) in [4.78, 5) is 28.9. The Morgan fingerprint density at radius 1 is 1.26 bits per heavy atom. The molecule has 27 heavy (non-hydrogen) atoms. The SMILES string of the molecule is COCC(=O)N1C[C@H]2CN(C(=O)C3CC(O)C3)C[C@H]2[C@@H]1c1cccc(F)c1. The minimum absolute atomic E-state index is 0.00609. The molecule has 7 heteroatoms. The van der Waals surface area contributed by atoms with Crippen molar-refractivity contribution < 1.29 is 23.8 Å². The van der Waals surface area contributed by atoms with Crippen molar-refractivity contribution in [2.75, 3.05) is 33.4 Å². The van der Waals surface area contributed by atoms with Crippen LogP contribution >= 0.6 is 0 Å². The van der Waals surface area contributed by atoms with E-state index in [-0.39, 0.29) is 54.1 Å². The maximum absolute atomic E-state index is 13.8. The second-order valence-corrected chi connectivity index (χ2v) is 7.97. The Labute approximate surface area is 157 Å². The van der Waals surface area contributed by atoms with E-state index in [0.29, 0.717) is 32.5 Å². The molecular weight excluding hydrogens is 351 g/mol. The number of fused-ring (bicyclic) bond motifs is 1. The first kappa shape index (κ1) is 18.4. The molecule has 0 bridgehead atoms. The largest absolute Gasteiger partial charge is 0.393 e. The molecule has 1 N–H and O–H groups in total. The van der Waals surface area contributed by atoms with Gasteiger partial charge in [0.1, 0.15) is 12.4 Å². The van der Waals surface area contributed by atoms with Gasteiger partial charge < -0.3 is 19.6 Å². The number of hydrogen-bond acceptors (Lipinski definition) is 4. The fourth-order valence-electron chi connectivity index (χ4n) is 4.85. The van der Waals surface area contributed by atoms with Crippen LogP contribution in [0.2, 0.25) is 0 Å². The number of aliphatic hydroxyl groups is 1. The first-order valence-corrected chi connectivity index (χ1v) is 9.48. The number of methoxy groups -OCH3 is 1. The highest BCUT2D eigenvalue weighted by molar-refractivity contribution is 5.81. The van der Waals surface area contributed by atoms with Crippen molar-refractivity contribution in [2.45, 2.75) is 25.0 Å². The summed E-state index contributed by atoms with van der Waals surface area (Å²) in [5, 5.41) is 9.47. The van der Waals surface area contributed by atoms with E-state index in [0.717, 1.165) is 5.56 Å². The molecule has 2 saturated heterocycles. The molecule has 0 aromatic heterocycles. The molecule has 6 nitrogen and oxygen atoms in total. The van der Waals surface area contributed by atoms with E-state index in [2.05, 4.69) is 0 Å². The Kier molecular flexibility index (Phi) is 4.90. The van der Waals surface area contributed by atoms with E-state index < -0.39 is 0 Å². The molecule has 2 amide bonds. The molecule has 3 atom stereocenters. The van der Waals surface area contributed by atoms with Gasteiger partial charge in [0.15, 0.2) is 0 Å². The molecule has 3 fully saturated rings. The summed E-state index contributed by atoms with van der Waals surface area (Å²) in [6.07, 6.45) is 0.718. The number of ether oxygens (including phenoxy) is 1. The average Bonchev–Trinajstić information content (AvgIpc) is 3.16. The van der Waals surface area contributed by atoms with Gasteiger partial charge in [0.25, 0.3) is 0 Å². The first-order chi connectivity index (χ1) is 13.0. The molecule has 1 aromatic rings. The Hall–Kier alpha value is -1.99. The van der Waals surface area contributed by atoms with Crippen molar-refractivity contribution in [3.8, 4) is 0 Å². The molecule has 3 aliphatic rings. The Bertz CT molecular complexity index is 736. The maximum Gasteiger partial charge on any atom is 0.249 e. The summed E-state index contributed by atoms with van der Waals surface area (Å²) in [5.74, 6) is -0.166. The number of rotatable bonds is 4. The van der Waals surface area contributed by atoms with Gasteiger partial charge >= 0.3 is 0 Å². The molecule has 0 radical (unpaired) electrons. The summed E-state index contributed by atoms with van der Waals surface area (Å²) in [6, 6.07) is 6.12. The Balaban J connectivity index is 1.55. The number of amides is 2. The number of benzene rings is 1. The lowest BCUT2D eigenvalue weighted by Crippen LogP contribution is -2.44. The van der Waals surface area contributed by atoms with Gasteiger partial charge in [-0.1, -0.05) is 12.1 Å².